The molecule has 1 aliphatic rings. The number of hydrogen-bond acceptors (Lipinski definition) is 4. The summed E-state index contributed by atoms with van der Waals surface area (Å²) in [5.41, 5.74) is 0.370. The molecule has 0 bridgehead atoms. The van der Waals surface area contributed by atoms with Crippen molar-refractivity contribution < 1.29 is 9.72 Å². The van der Waals surface area contributed by atoms with Crippen LogP contribution in [0, 0.1) is 16.0 Å². The highest BCUT2D eigenvalue weighted by molar-refractivity contribution is 9.10. The summed E-state index contributed by atoms with van der Waals surface area (Å²) in [4.78, 5) is 21.9. The molecule has 1 fully saturated rings. The number of nitrogens with zero attached hydrogens (tertiary/aromatic N) is 1. The molecule has 96 valence electrons. The third kappa shape index (κ3) is 2.85. The number of halogens is 1. The molecular formula is C11H12BrN3O3. The first-order valence-electron chi connectivity index (χ1n) is 5.51. The molecule has 1 aromatic carbocycles. The van der Waals surface area contributed by atoms with E-state index in [-0.39, 0.29) is 11.6 Å². The highest BCUT2D eigenvalue weighted by Crippen LogP contribution is 2.22. The fourth-order valence-electron chi connectivity index (χ4n) is 1.63. The van der Waals surface area contributed by atoms with Crippen molar-refractivity contribution in [2.75, 3.05) is 19.6 Å². The van der Waals surface area contributed by atoms with E-state index in [2.05, 4.69) is 26.6 Å². The molecule has 0 spiro atoms. The minimum atomic E-state index is -0.494. The second kappa shape index (κ2) is 5.45. The summed E-state index contributed by atoms with van der Waals surface area (Å²) in [6.45, 7) is 2.46. The van der Waals surface area contributed by atoms with E-state index in [1.54, 1.807) is 0 Å². The van der Waals surface area contributed by atoms with E-state index >= 15 is 0 Å². The van der Waals surface area contributed by atoms with E-state index in [1.807, 2.05) is 0 Å². The molecule has 0 saturated carbocycles. The van der Waals surface area contributed by atoms with Crippen molar-refractivity contribution in [2.24, 2.45) is 5.92 Å². The Kier molecular flexibility index (Phi) is 3.93. The summed E-state index contributed by atoms with van der Waals surface area (Å²) in [5.74, 6) is 0.259. The zero-order valence-electron chi connectivity index (χ0n) is 9.48. The SMILES string of the molecule is O=C(NCC1CNC1)c1ccc([N+](=O)[O-])cc1Br. The van der Waals surface area contributed by atoms with Crippen LogP contribution in [0.1, 0.15) is 10.4 Å². The van der Waals surface area contributed by atoms with Crippen molar-refractivity contribution in [3.8, 4) is 0 Å². The number of benzene rings is 1. The molecule has 0 aromatic heterocycles. The van der Waals surface area contributed by atoms with Gasteiger partial charge in [-0.15, -0.1) is 0 Å². The quantitative estimate of drug-likeness (QED) is 0.648. The van der Waals surface area contributed by atoms with Gasteiger partial charge in [-0.05, 0) is 22.0 Å². The van der Waals surface area contributed by atoms with Gasteiger partial charge in [-0.1, -0.05) is 0 Å². The van der Waals surface area contributed by atoms with Crippen molar-refractivity contribution in [2.45, 2.75) is 0 Å². The zero-order chi connectivity index (χ0) is 13.1. The number of carbonyl (C=O) groups is 1. The maximum absolute atomic E-state index is 11.9. The molecule has 1 saturated heterocycles. The van der Waals surface area contributed by atoms with Gasteiger partial charge in [-0.25, -0.2) is 0 Å². The highest BCUT2D eigenvalue weighted by atomic mass is 79.9. The van der Waals surface area contributed by atoms with Crippen molar-refractivity contribution in [1.29, 1.82) is 0 Å². The molecule has 1 heterocycles. The second-order valence-corrected chi connectivity index (χ2v) is 5.01. The third-order valence-corrected chi connectivity index (χ3v) is 3.48. The van der Waals surface area contributed by atoms with Gasteiger partial charge in [0.05, 0.1) is 10.5 Å². The van der Waals surface area contributed by atoms with Crippen LogP contribution in [0.25, 0.3) is 0 Å². The first-order valence-corrected chi connectivity index (χ1v) is 6.30. The molecule has 1 aliphatic heterocycles. The maximum Gasteiger partial charge on any atom is 0.270 e. The van der Waals surface area contributed by atoms with Crippen LogP contribution in [-0.4, -0.2) is 30.5 Å². The van der Waals surface area contributed by atoms with Gasteiger partial charge in [-0.2, -0.15) is 0 Å². The van der Waals surface area contributed by atoms with Gasteiger partial charge in [0.25, 0.3) is 11.6 Å². The van der Waals surface area contributed by atoms with Gasteiger partial charge in [0, 0.05) is 42.2 Å². The largest absolute Gasteiger partial charge is 0.352 e. The van der Waals surface area contributed by atoms with Gasteiger partial charge >= 0.3 is 0 Å². The van der Waals surface area contributed by atoms with Crippen molar-refractivity contribution in [1.82, 2.24) is 10.6 Å². The van der Waals surface area contributed by atoms with E-state index in [9.17, 15) is 14.9 Å². The van der Waals surface area contributed by atoms with E-state index in [0.29, 0.717) is 22.5 Å². The number of amides is 1. The average molecular weight is 314 g/mol. The Morgan fingerprint density at radius 1 is 1.56 bits per heavy atom. The Bertz CT molecular complexity index is 488. The number of nitro benzene ring substituents is 1. The molecule has 6 nitrogen and oxygen atoms in total. The number of nitro groups is 1. The average Bonchev–Trinajstić information content (AvgIpc) is 2.26. The number of hydrogen-bond donors (Lipinski definition) is 2. The van der Waals surface area contributed by atoms with Crippen LogP contribution in [0.5, 0.6) is 0 Å². The summed E-state index contributed by atoms with van der Waals surface area (Å²) in [5, 5.41) is 16.5. The van der Waals surface area contributed by atoms with Crippen LogP contribution in [0.4, 0.5) is 5.69 Å². The molecule has 1 aromatic rings. The molecule has 0 aliphatic carbocycles. The van der Waals surface area contributed by atoms with E-state index in [1.165, 1.54) is 18.2 Å². The van der Waals surface area contributed by atoms with Crippen molar-refractivity contribution in [3.05, 3.63) is 38.3 Å². The Morgan fingerprint density at radius 2 is 2.28 bits per heavy atom. The summed E-state index contributed by atoms with van der Waals surface area (Å²) in [6.07, 6.45) is 0. The Hall–Kier alpha value is -1.47. The van der Waals surface area contributed by atoms with Gasteiger partial charge in [0.2, 0.25) is 0 Å². The van der Waals surface area contributed by atoms with Crippen molar-refractivity contribution >= 4 is 27.5 Å². The van der Waals surface area contributed by atoms with Gasteiger partial charge in [0.1, 0.15) is 0 Å². The molecule has 2 N–H and O–H groups in total. The Morgan fingerprint density at radius 3 is 2.78 bits per heavy atom. The summed E-state index contributed by atoms with van der Waals surface area (Å²) in [7, 11) is 0. The fraction of sp³-hybridized carbons (Fsp3) is 0.364. The van der Waals surface area contributed by atoms with Crippen LogP contribution >= 0.6 is 15.9 Å². The predicted octanol–water partition coefficient (Wildman–Crippen LogP) is 1.31. The predicted molar refractivity (Wildman–Crippen MR) is 69.5 cm³/mol. The Balaban J connectivity index is 2.02. The highest BCUT2D eigenvalue weighted by Gasteiger charge is 2.19. The van der Waals surface area contributed by atoms with Crippen LogP contribution in [0.2, 0.25) is 0 Å². The molecule has 2 rings (SSSR count). The molecule has 18 heavy (non-hydrogen) atoms. The summed E-state index contributed by atoms with van der Waals surface area (Å²) in [6, 6.07) is 4.11. The second-order valence-electron chi connectivity index (χ2n) is 4.16. The Labute approximate surface area is 112 Å². The first kappa shape index (κ1) is 13.0. The van der Waals surface area contributed by atoms with Gasteiger partial charge in [-0.3, -0.25) is 14.9 Å². The van der Waals surface area contributed by atoms with Crippen LogP contribution in [-0.2, 0) is 0 Å². The molecule has 7 heteroatoms. The van der Waals surface area contributed by atoms with Gasteiger partial charge < -0.3 is 10.6 Å². The first-order chi connectivity index (χ1) is 8.58. The molecular weight excluding hydrogens is 302 g/mol. The lowest BCUT2D eigenvalue weighted by Crippen LogP contribution is -2.48. The standard InChI is InChI=1S/C11H12BrN3O3/c12-10-3-8(15(17)18)1-2-9(10)11(16)14-6-7-4-13-5-7/h1-3,7,13H,4-6H2,(H,14,16). The molecule has 0 radical (unpaired) electrons. The van der Waals surface area contributed by atoms with Crippen LogP contribution in [0.15, 0.2) is 22.7 Å². The number of carbonyl (C=O) groups excluding carboxylic acids is 1. The topological polar surface area (TPSA) is 84.3 Å². The monoisotopic (exact) mass is 313 g/mol. The summed E-state index contributed by atoms with van der Waals surface area (Å²) < 4.78 is 0.431. The minimum Gasteiger partial charge on any atom is -0.352 e. The zero-order valence-corrected chi connectivity index (χ0v) is 11.1. The van der Waals surface area contributed by atoms with E-state index < -0.39 is 4.92 Å². The lowest BCUT2D eigenvalue weighted by Gasteiger charge is -2.27. The fourth-order valence-corrected chi connectivity index (χ4v) is 2.17. The van der Waals surface area contributed by atoms with Crippen molar-refractivity contribution in [3.63, 3.8) is 0 Å². The minimum absolute atomic E-state index is 0.0402. The lowest BCUT2D eigenvalue weighted by atomic mass is 10.0. The lowest BCUT2D eigenvalue weighted by molar-refractivity contribution is -0.384. The van der Waals surface area contributed by atoms with Gasteiger partial charge in [0.15, 0.2) is 0 Å². The molecule has 1 amide bonds. The van der Waals surface area contributed by atoms with Crippen LogP contribution in [0.3, 0.4) is 0 Å². The smallest absolute Gasteiger partial charge is 0.270 e. The number of nitrogens with one attached hydrogen (secondary N) is 2. The normalized spacial score (nSPS) is 14.9. The number of rotatable bonds is 4. The molecule has 0 unspecified atom stereocenters. The third-order valence-electron chi connectivity index (χ3n) is 2.83. The van der Waals surface area contributed by atoms with E-state index in [4.69, 9.17) is 0 Å². The van der Waals surface area contributed by atoms with Crippen LogP contribution < -0.4 is 10.6 Å². The van der Waals surface area contributed by atoms with E-state index in [0.717, 1.165) is 13.1 Å². The summed E-state index contributed by atoms with van der Waals surface area (Å²) >= 11 is 3.18. The molecule has 0 atom stereocenters. The number of non-ortho nitro benzene ring substituents is 1. The maximum atomic E-state index is 11.9.